The Kier molecular flexibility index (Phi) is 3.19. The minimum Gasteiger partial charge on any atom is -0.478 e. The molecule has 0 atom stereocenters. The fourth-order valence-corrected chi connectivity index (χ4v) is 2.49. The van der Waals surface area contributed by atoms with Gasteiger partial charge in [-0.15, -0.1) is 5.10 Å². The molecule has 3 rings (SSSR count). The lowest BCUT2D eigenvalue weighted by Crippen LogP contribution is -2.00. The minimum atomic E-state index is -0.996. The first-order valence-electron chi connectivity index (χ1n) is 5.61. The molecule has 7 heteroatoms. The van der Waals surface area contributed by atoms with E-state index in [4.69, 9.17) is 16.7 Å². The number of aromatic carboxylic acids is 1. The molecule has 1 heterocycles. The molecule has 1 N–H and O–H groups in total. The van der Waals surface area contributed by atoms with E-state index < -0.39 is 5.97 Å². The summed E-state index contributed by atoms with van der Waals surface area (Å²) in [4.78, 5) is 11.1. The van der Waals surface area contributed by atoms with Crippen molar-refractivity contribution in [2.45, 2.75) is 0 Å². The van der Waals surface area contributed by atoms with Crippen LogP contribution in [0.4, 0.5) is 0 Å². The lowest BCUT2D eigenvalue weighted by Gasteiger charge is -2.06. The summed E-state index contributed by atoms with van der Waals surface area (Å²) < 4.78 is 2.23. The summed E-state index contributed by atoms with van der Waals surface area (Å²) in [5.41, 5.74) is 2.09. The van der Waals surface area contributed by atoms with Crippen LogP contribution in [0.1, 0.15) is 10.4 Å². The van der Waals surface area contributed by atoms with Crippen LogP contribution in [-0.2, 0) is 0 Å². The highest BCUT2D eigenvalue weighted by Gasteiger charge is 2.13. The fraction of sp³-hybridized carbons (Fsp3) is 0. The van der Waals surface area contributed by atoms with Crippen molar-refractivity contribution in [3.05, 3.63) is 51.5 Å². The molecule has 0 spiro atoms. The van der Waals surface area contributed by atoms with Crippen LogP contribution in [0.2, 0.25) is 5.02 Å². The number of fused-ring (bicyclic) bond motifs is 1. The van der Waals surface area contributed by atoms with E-state index in [1.54, 1.807) is 22.9 Å². The first-order chi connectivity index (χ1) is 9.58. The average molecular weight is 353 g/mol. The van der Waals surface area contributed by atoms with E-state index >= 15 is 0 Å². The van der Waals surface area contributed by atoms with Gasteiger partial charge in [-0.2, -0.15) is 0 Å². The van der Waals surface area contributed by atoms with E-state index in [1.165, 1.54) is 12.1 Å². The number of rotatable bonds is 2. The number of carbonyl (C=O) groups is 1. The molecular formula is C13H7BrClN3O2. The zero-order chi connectivity index (χ0) is 14.3. The molecule has 0 saturated carbocycles. The average Bonchev–Trinajstić information content (AvgIpc) is 2.84. The third-order valence-electron chi connectivity index (χ3n) is 2.85. The van der Waals surface area contributed by atoms with Crippen molar-refractivity contribution in [1.29, 1.82) is 0 Å². The normalized spacial score (nSPS) is 10.9. The standard InChI is InChI=1S/C13H7BrClN3O2/c14-12-8(15)2-1-3-10(12)18-11-6-7(13(19)20)4-5-9(11)16-17-18/h1-6H,(H,19,20). The first kappa shape index (κ1) is 13.1. The molecule has 2 aromatic carbocycles. The predicted octanol–water partition coefficient (Wildman–Crippen LogP) is 3.53. The number of nitrogens with zero attached hydrogens (tertiary/aromatic N) is 3. The van der Waals surface area contributed by atoms with Gasteiger partial charge in [-0.3, -0.25) is 0 Å². The van der Waals surface area contributed by atoms with E-state index in [1.807, 2.05) is 6.07 Å². The van der Waals surface area contributed by atoms with Crippen LogP contribution >= 0.6 is 27.5 Å². The maximum atomic E-state index is 11.1. The second-order valence-electron chi connectivity index (χ2n) is 4.08. The molecule has 0 saturated heterocycles. The fourth-order valence-electron chi connectivity index (χ4n) is 1.89. The highest BCUT2D eigenvalue weighted by atomic mass is 79.9. The van der Waals surface area contributed by atoms with Crippen molar-refractivity contribution in [2.75, 3.05) is 0 Å². The van der Waals surface area contributed by atoms with Crippen molar-refractivity contribution >= 4 is 44.5 Å². The Labute approximate surface area is 126 Å². The molecule has 0 aliphatic carbocycles. The Hall–Kier alpha value is -1.92. The van der Waals surface area contributed by atoms with Gasteiger partial charge in [0.2, 0.25) is 0 Å². The highest BCUT2D eigenvalue weighted by molar-refractivity contribution is 9.10. The third kappa shape index (κ3) is 2.07. The van der Waals surface area contributed by atoms with E-state index in [0.717, 1.165) is 0 Å². The van der Waals surface area contributed by atoms with Crippen molar-refractivity contribution in [3.63, 3.8) is 0 Å². The Morgan fingerprint density at radius 1 is 1.30 bits per heavy atom. The van der Waals surface area contributed by atoms with Gasteiger partial charge < -0.3 is 5.11 Å². The molecule has 1 aromatic heterocycles. The zero-order valence-electron chi connectivity index (χ0n) is 9.92. The SMILES string of the molecule is O=C(O)c1ccc2nnn(-c3cccc(Cl)c3Br)c2c1. The molecule has 0 bridgehead atoms. The van der Waals surface area contributed by atoms with Gasteiger partial charge in [0.25, 0.3) is 0 Å². The van der Waals surface area contributed by atoms with Gasteiger partial charge in [-0.25, -0.2) is 9.48 Å². The highest BCUT2D eigenvalue weighted by Crippen LogP contribution is 2.30. The van der Waals surface area contributed by atoms with Crippen molar-refractivity contribution in [1.82, 2.24) is 15.0 Å². The summed E-state index contributed by atoms with van der Waals surface area (Å²) >= 11 is 9.46. The molecule has 0 aliphatic rings. The summed E-state index contributed by atoms with van der Waals surface area (Å²) in [6, 6.07) is 10.0. The lowest BCUT2D eigenvalue weighted by atomic mass is 10.2. The molecule has 0 unspecified atom stereocenters. The van der Waals surface area contributed by atoms with E-state index in [0.29, 0.717) is 26.2 Å². The van der Waals surface area contributed by atoms with Gasteiger partial charge in [0, 0.05) is 0 Å². The van der Waals surface area contributed by atoms with Crippen LogP contribution in [0.15, 0.2) is 40.9 Å². The number of benzene rings is 2. The summed E-state index contributed by atoms with van der Waals surface area (Å²) in [7, 11) is 0. The monoisotopic (exact) mass is 351 g/mol. The van der Waals surface area contributed by atoms with Crippen LogP contribution in [0, 0.1) is 0 Å². The number of hydrogen-bond donors (Lipinski definition) is 1. The molecule has 0 aliphatic heterocycles. The first-order valence-corrected chi connectivity index (χ1v) is 6.78. The van der Waals surface area contributed by atoms with Gasteiger partial charge >= 0.3 is 5.97 Å². The minimum absolute atomic E-state index is 0.180. The van der Waals surface area contributed by atoms with Gasteiger partial charge in [0.1, 0.15) is 5.52 Å². The summed E-state index contributed by atoms with van der Waals surface area (Å²) in [6.45, 7) is 0. The summed E-state index contributed by atoms with van der Waals surface area (Å²) in [5, 5.41) is 17.7. The number of halogens is 2. The van der Waals surface area contributed by atoms with Crippen molar-refractivity contribution in [3.8, 4) is 5.69 Å². The van der Waals surface area contributed by atoms with E-state index in [2.05, 4.69) is 26.2 Å². The Bertz CT molecular complexity index is 832. The van der Waals surface area contributed by atoms with E-state index in [-0.39, 0.29) is 5.56 Å². The molecule has 5 nitrogen and oxygen atoms in total. The van der Waals surface area contributed by atoms with Crippen LogP contribution in [0.3, 0.4) is 0 Å². The Morgan fingerprint density at radius 3 is 2.85 bits per heavy atom. The van der Waals surface area contributed by atoms with E-state index in [9.17, 15) is 4.79 Å². The van der Waals surface area contributed by atoms with Gasteiger partial charge in [0.05, 0.1) is 26.3 Å². The molecule has 3 aromatic rings. The number of carboxylic acids is 1. The van der Waals surface area contributed by atoms with Crippen LogP contribution in [0.5, 0.6) is 0 Å². The molecular weight excluding hydrogens is 346 g/mol. The Balaban J connectivity index is 2.28. The second kappa shape index (κ2) is 4.88. The lowest BCUT2D eigenvalue weighted by molar-refractivity contribution is 0.0697. The molecule has 0 fully saturated rings. The molecule has 100 valence electrons. The van der Waals surface area contributed by atoms with Crippen LogP contribution in [0.25, 0.3) is 16.7 Å². The van der Waals surface area contributed by atoms with Gasteiger partial charge in [-0.05, 0) is 46.3 Å². The smallest absolute Gasteiger partial charge is 0.335 e. The van der Waals surface area contributed by atoms with Gasteiger partial charge in [0.15, 0.2) is 0 Å². The Morgan fingerprint density at radius 2 is 2.10 bits per heavy atom. The molecule has 20 heavy (non-hydrogen) atoms. The van der Waals surface area contributed by atoms with Gasteiger partial charge in [-0.1, -0.05) is 22.9 Å². The van der Waals surface area contributed by atoms with Crippen molar-refractivity contribution in [2.24, 2.45) is 0 Å². The molecule has 0 amide bonds. The molecule has 0 radical (unpaired) electrons. The largest absolute Gasteiger partial charge is 0.478 e. The maximum Gasteiger partial charge on any atom is 0.335 e. The summed E-state index contributed by atoms with van der Waals surface area (Å²) in [5.74, 6) is -0.996. The topological polar surface area (TPSA) is 68.0 Å². The van der Waals surface area contributed by atoms with Crippen LogP contribution < -0.4 is 0 Å². The maximum absolute atomic E-state index is 11.1. The van der Waals surface area contributed by atoms with Crippen LogP contribution in [-0.4, -0.2) is 26.1 Å². The zero-order valence-corrected chi connectivity index (χ0v) is 12.3. The number of aromatic nitrogens is 3. The quantitative estimate of drug-likeness (QED) is 0.766. The predicted molar refractivity (Wildman–Crippen MR) is 78.5 cm³/mol. The number of hydrogen-bond acceptors (Lipinski definition) is 3. The summed E-state index contributed by atoms with van der Waals surface area (Å²) in [6.07, 6.45) is 0. The number of carboxylic acid groups (broad SMARTS) is 1. The third-order valence-corrected chi connectivity index (χ3v) is 4.23. The second-order valence-corrected chi connectivity index (χ2v) is 5.28. The van der Waals surface area contributed by atoms with Crippen molar-refractivity contribution < 1.29 is 9.90 Å².